The number of carbonyl (C=O) groups is 3. The number of hydrogen-bond donors (Lipinski definition) is 2. The molecule has 2 aromatic rings. The Balaban J connectivity index is 1.20. The molecule has 3 heterocycles. The molecule has 3 aliphatic heterocycles. The normalized spacial score (nSPS) is 20.5. The first-order valence-electron chi connectivity index (χ1n) is 17.5. The largest absolute Gasteiger partial charge is 0.493 e. The summed E-state index contributed by atoms with van der Waals surface area (Å²) < 4.78 is 11.7. The average Bonchev–Trinajstić information content (AvgIpc) is 3.64. The summed E-state index contributed by atoms with van der Waals surface area (Å²) in [5.41, 5.74) is 0.836. The fourth-order valence-electron chi connectivity index (χ4n) is 7.37. The summed E-state index contributed by atoms with van der Waals surface area (Å²) in [4.78, 5) is 46.4. The highest BCUT2D eigenvalue weighted by Gasteiger charge is 2.55. The molecule has 2 N–H and O–H groups in total. The van der Waals surface area contributed by atoms with Gasteiger partial charge in [-0.05, 0) is 73.9 Å². The SMILES string of the molecule is CCCCN1C(=O)[C@@H]([C@H](O)C(CC)CC)NC(=O)C12CCN(Cc1ccc(Oc3ccc(C(=O)N4CCCC4)cc3OC)cc1)CC2. The van der Waals surface area contributed by atoms with Gasteiger partial charge in [-0.1, -0.05) is 52.2 Å². The van der Waals surface area contributed by atoms with Crippen LogP contribution in [0.5, 0.6) is 17.2 Å². The number of ether oxygens (including phenoxy) is 2. The number of methoxy groups -OCH3 is 1. The second-order valence-corrected chi connectivity index (χ2v) is 13.3. The number of carbonyl (C=O) groups excluding carboxylic acids is 3. The Bertz CT molecular complexity index is 1380. The van der Waals surface area contributed by atoms with E-state index in [1.165, 1.54) is 0 Å². The summed E-state index contributed by atoms with van der Waals surface area (Å²) in [6, 6.07) is 12.3. The van der Waals surface area contributed by atoms with Gasteiger partial charge in [-0.2, -0.15) is 0 Å². The molecule has 0 saturated carbocycles. The van der Waals surface area contributed by atoms with Gasteiger partial charge in [0.05, 0.1) is 13.2 Å². The van der Waals surface area contributed by atoms with Gasteiger partial charge in [0.1, 0.15) is 17.3 Å². The number of hydrogen-bond acceptors (Lipinski definition) is 7. The molecule has 0 radical (unpaired) electrons. The monoisotopic (exact) mass is 648 g/mol. The summed E-state index contributed by atoms with van der Waals surface area (Å²) >= 11 is 0. The van der Waals surface area contributed by atoms with Gasteiger partial charge in [-0.25, -0.2) is 0 Å². The number of aliphatic hydroxyl groups is 1. The van der Waals surface area contributed by atoms with Crippen molar-refractivity contribution in [1.29, 1.82) is 0 Å². The van der Waals surface area contributed by atoms with Crippen LogP contribution in [0.1, 0.15) is 88.1 Å². The lowest BCUT2D eigenvalue weighted by Gasteiger charge is -2.52. The van der Waals surface area contributed by atoms with E-state index < -0.39 is 17.7 Å². The number of amides is 3. The van der Waals surface area contributed by atoms with Gasteiger partial charge in [-0.3, -0.25) is 19.3 Å². The summed E-state index contributed by atoms with van der Waals surface area (Å²) in [7, 11) is 1.57. The molecule has 0 aliphatic carbocycles. The highest BCUT2D eigenvalue weighted by Crippen LogP contribution is 2.36. The lowest BCUT2D eigenvalue weighted by atomic mass is 9.79. The second kappa shape index (κ2) is 15.5. The zero-order valence-electron chi connectivity index (χ0n) is 28.5. The fourth-order valence-corrected chi connectivity index (χ4v) is 7.37. The highest BCUT2D eigenvalue weighted by molar-refractivity contribution is 6.00. The molecule has 2 atom stereocenters. The summed E-state index contributed by atoms with van der Waals surface area (Å²) in [6.45, 7) is 10.3. The number of aliphatic hydroxyl groups excluding tert-OH is 1. The van der Waals surface area contributed by atoms with Gasteiger partial charge in [0, 0.05) is 44.8 Å². The Morgan fingerprint density at radius 1 is 0.979 bits per heavy atom. The first kappa shape index (κ1) is 34.7. The molecule has 1 spiro atoms. The van der Waals surface area contributed by atoms with Crippen LogP contribution in [-0.4, -0.2) is 95.0 Å². The third kappa shape index (κ3) is 7.44. The van der Waals surface area contributed by atoms with Crippen molar-refractivity contribution in [3.63, 3.8) is 0 Å². The van der Waals surface area contributed by atoms with Crippen LogP contribution in [-0.2, 0) is 16.1 Å². The third-order valence-electron chi connectivity index (χ3n) is 10.4. The Labute approximate surface area is 279 Å². The quantitative estimate of drug-likeness (QED) is 0.315. The highest BCUT2D eigenvalue weighted by atomic mass is 16.5. The van der Waals surface area contributed by atoms with E-state index in [0.29, 0.717) is 61.8 Å². The number of unbranched alkanes of at least 4 members (excludes halogenated alkanes) is 1. The maximum Gasteiger partial charge on any atom is 0.253 e. The zero-order chi connectivity index (χ0) is 33.6. The van der Waals surface area contributed by atoms with Crippen molar-refractivity contribution >= 4 is 17.7 Å². The molecule has 47 heavy (non-hydrogen) atoms. The molecule has 256 valence electrons. The number of likely N-dealkylation sites (tertiary alicyclic amines) is 2. The van der Waals surface area contributed by atoms with Crippen molar-refractivity contribution in [3.05, 3.63) is 53.6 Å². The van der Waals surface area contributed by atoms with E-state index in [4.69, 9.17) is 9.47 Å². The van der Waals surface area contributed by atoms with E-state index in [-0.39, 0.29) is 23.6 Å². The number of piperazine rings is 1. The van der Waals surface area contributed by atoms with Gasteiger partial charge in [-0.15, -0.1) is 0 Å². The molecule has 5 rings (SSSR count). The molecule has 10 nitrogen and oxygen atoms in total. The molecule has 0 bridgehead atoms. The lowest BCUT2D eigenvalue weighted by Crippen LogP contribution is -2.75. The number of rotatable bonds is 13. The minimum atomic E-state index is -0.889. The van der Waals surface area contributed by atoms with Gasteiger partial charge in [0.25, 0.3) is 5.91 Å². The van der Waals surface area contributed by atoms with Crippen LogP contribution >= 0.6 is 0 Å². The number of benzene rings is 2. The van der Waals surface area contributed by atoms with Gasteiger partial charge >= 0.3 is 0 Å². The summed E-state index contributed by atoms with van der Waals surface area (Å²) in [5.74, 6) is 1.42. The summed E-state index contributed by atoms with van der Waals surface area (Å²) in [6.07, 6.45) is 5.55. The first-order valence-corrected chi connectivity index (χ1v) is 17.5. The average molecular weight is 649 g/mol. The van der Waals surface area contributed by atoms with Crippen molar-refractivity contribution in [2.24, 2.45) is 5.92 Å². The Hall–Kier alpha value is -3.63. The molecule has 2 aromatic carbocycles. The van der Waals surface area contributed by atoms with Crippen molar-refractivity contribution < 1.29 is 29.0 Å². The lowest BCUT2D eigenvalue weighted by molar-refractivity contribution is -0.165. The van der Waals surface area contributed by atoms with Crippen LogP contribution < -0.4 is 14.8 Å². The Morgan fingerprint density at radius 3 is 2.28 bits per heavy atom. The molecular weight excluding hydrogens is 596 g/mol. The smallest absolute Gasteiger partial charge is 0.253 e. The minimum absolute atomic E-state index is 0.0183. The molecular formula is C37H52N4O6. The first-order chi connectivity index (χ1) is 22.7. The fraction of sp³-hybridized carbons (Fsp3) is 0.595. The molecule has 3 amide bonds. The van der Waals surface area contributed by atoms with Crippen LogP contribution in [0.3, 0.4) is 0 Å². The molecule has 3 saturated heterocycles. The Kier molecular flexibility index (Phi) is 11.5. The van der Waals surface area contributed by atoms with Crippen molar-refractivity contribution in [2.45, 2.75) is 96.4 Å². The maximum absolute atomic E-state index is 13.8. The molecule has 3 aliphatic rings. The van der Waals surface area contributed by atoms with Crippen LogP contribution in [0.15, 0.2) is 42.5 Å². The van der Waals surface area contributed by atoms with Crippen LogP contribution in [0.2, 0.25) is 0 Å². The van der Waals surface area contributed by atoms with E-state index >= 15 is 0 Å². The predicted molar refractivity (Wildman–Crippen MR) is 181 cm³/mol. The minimum Gasteiger partial charge on any atom is -0.493 e. The standard InChI is InChI=1S/C37H52N4O6/c1-5-8-21-41-35(44)32(33(42)27(6-2)7-3)38-36(45)37(41)17-22-39(23-18-37)25-26-11-14-29(15-12-26)47-30-16-13-28(24-31(30)46-4)34(43)40-19-9-10-20-40/h11-16,24,27,32-33,42H,5-10,17-23,25H2,1-4H3,(H,38,45)/t32-,33-/m1/s1. The van der Waals surface area contributed by atoms with E-state index in [1.54, 1.807) is 30.2 Å². The van der Waals surface area contributed by atoms with Crippen molar-refractivity contribution in [1.82, 2.24) is 20.0 Å². The number of piperidine rings is 1. The van der Waals surface area contributed by atoms with Crippen LogP contribution in [0, 0.1) is 5.92 Å². The predicted octanol–water partition coefficient (Wildman–Crippen LogP) is 4.98. The Morgan fingerprint density at radius 2 is 1.66 bits per heavy atom. The molecule has 0 aromatic heterocycles. The van der Waals surface area contributed by atoms with E-state index in [1.807, 2.05) is 43.0 Å². The number of nitrogens with zero attached hydrogens (tertiary/aromatic N) is 3. The van der Waals surface area contributed by atoms with Crippen molar-refractivity contribution in [3.8, 4) is 17.2 Å². The van der Waals surface area contributed by atoms with Gasteiger partial charge in [0.2, 0.25) is 11.8 Å². The van der Waals surface area contributed by atoms with Crippen LogP contribution in [0.4, 0.5) is 0 Å². The molecule has 0 unspecified atom stereocenters. The van der Waals surface area contributed by atoms with Gasteiger partial charge in [0.15, 0.2) is 11.5 Å². The zero-order valence-corrected chi connectivity index (χ0v) is 28.5. The van der Waals surface area contributed by atoms with E-state index in [9.17, 15) is 19.5 Å². The van der Waals surface area contributed by atoms with Crippen LogP contribution in [0.25, 0.3) is 0 Å². The molecule has 10 heteroatoms. The summed E-state index contributed by atoms with van der Waals surface area (Å²) in [5, 5.41) is 14.0. The van der Waals surface area contributed by atoms with Crippen molar-refractivity contribution in [2.75, 3.05) is 39.8 Å². The number of nitrogens with one attached hydrogen (secondary N) is 1. The second-order valence-electron chi connectivity index (χ2n) is 13.3. The molecule has 3 fully saturated rings. The van der Waals surface area contributed by atoms with Gasteiger partial charge < -0.3 is 29.7 Å². The third-order valence-corrected chi connectivity index (χ3v) is 10.4. The van der Waals surface area contributed by atoms with E-state index in [2.05, 4.69) is 17.1 Å². The maximum atomic E-state index is 13.8. The topological polar surface area (TPSA) is 112 Å². The van der Waals surface area contributed by atoms with E-state index in [0.717, 1.165) is 57.2 Å².